The molecule has 6 heteroatoms. The van der Waals surface area contributed by atoms with Crippen molar-refractivity contribution in [3.63, 3.8) is 0 Å². The number of hydrogen-bond acceptors (Lipinski definition) is 3. The fraction of sp³-hybridized carbons (Fsp3) is 0.364. The van der Waals surface area contributed by atoms with Gasteiger partial charge < -0.3 is 5.32 Å². The topological polar surface area (TPSA) is 66.5 Å². The number of urea groups is 1. The van der Waals surface area contributed by atoms with Crippen molar-refractivity contribution in [2.24, 2.45) is 0 Å². The fourth-order valence-corrected chi connectivity index (χ4v) is 3.53. The van der Waals surface area contributed by atoms with Gasteiger partial charge in [0.25, 0.3) is 10.0 Å². The minimum Gasteiger partial charge on any atom is -0.306 e. The Balaban J connectivity index is 2.59. The molecule has 1 unspecified atom stereocenters. The second-order valence-electron chi connectivity index (χ2n) is 3.98. The molecule has 0 saturated carbocycles. The van der Waals surface area contributed by atoms with Gasteiger partial charge in [-0.25, -0.2) is 17.5 Å². The molecule has 1 atom stereocenters. The molecule has 0 aliphatic carbocycles. The number of amides is 2. The Labute approximate surface area is 100 Å². The first-order chi connectivity index (χ1) is 7.98. The molecular formula is C11H14N2O3S. The van der Waals surface area contributed by atoms with E-state index in [1.165, 1.54) is 6.07 Å². The summed E-state index contributed by atoms with van der Waals surface area (Å²) < 4.78 is 25.5. The number of carbonyl (C=O) groups excluding carboxylic acids is 1. The molecule has 5 nitrogen and oxygen atoms in total. The predicted molar refractivity (Wildman–Crippen MR) is 64.2 cm³/mol. The Kier molecular flexibility index (Phi) is 2.82. The number of para-hydroxylation sites is 1. The number of hydrogen-bond donors (Lipinski definition) is 1. The van der Waals surface area contributed by atoms with Crippen LogP contribution in [0.3, 0.4) is 0 Å². The van der Waals surface area contributed by atoms with Crippen LogP contribution in [0.1, 0.15) is 20.3 Å². The summed E-state index contributed by atoms with van der Waals surface area (Å²) in [5.41, 5.74) is 0.344. The van der Waals surface area contributed by atoms with Crippen molar-refractivity contribution < 1.29 is 13.2 Å². The van der Waals surface area contributed by atoms with Gasteiger partial charge in [0.15, 0.2) is 0 Å². The van der Waals surface area contributed by atoms with Crippen molar-refractivity contribution in [1.82, 2.24) is 4.31 Å². The van der Waals surface area contributed by atoms with Gasteiger partial charge >= 0.3 is 6.03 Å². The molecule has 0 fully saturated rings. The molecule has 0 spiro atoms. The number of fused-ring (bicyclic) bond motifs is 1. The van der Waals surface area contributed by atoms with Crippen LogP contribution < -0.4 is 5.32 Å². The van der Waals surface area contributed by atoms with Crippen LogP contribution in [0.4, 0.5) is 10.5 Å². The monoisotopic (exact) mass is 254 g/mol. The lowest BCUT2D eigenvalue weighted by Gasteiger charge is -2.32. The highest BCUT2D eigenvalue weighted by molar-refractivity contribution is 7.90. The maximum atomic E-state index is 12.3. The van der Waals surface area contributed by atoms with E-state index in [9.17, 15) is 13.2 Å². The first-order valence-electron chi connectivity index (χ1n) is 5.43. The molecule has 92 valence electrons. The van der Waals surface area contributed by atoms with E-state index in [0.29, 0.717) is 12.1 Å². The first kappa shape index (κ1) is 11.9. The fourth-order valence-electron chi connectivity index (χ4n) is 1.78. The van der Waals surface area contributed by atoms with Crippen LogP contribution in [0.25, 0.3) is 0 Å². The molecule has 0 saturated heterocycles. The van der Waals surface area contributed by atoms with Gasteiger partial charge in [-0.1, -0.05) is 19.1 Å². The molecule has 0 bridgehead atoms. The zero-order valence-electron chi connectivity index (χ0n) is 9.67. The highest BCUT2D eigenvalue weighted by Crippen LogP contribution is 2.31. The van der Waals surface area contributed by atoms with Gasteiger partial charge in [0.2, 0.25) is 0 Å². The number of sulfonamides is 1. The molecule has 1 aromatic rings. The van der Waals surface area contributed by atoms with Crippen molar-refractivity contribution in [3.8, 4) is 0 Å². The van der Waals surface area contributed by atoms with Crippen LogP contribution in [-0.4, -0.2) is 24.8 Å². The summed E-state index contributed by atoms with van der Waals surface area (Å²) >= 11 is 0. The number of nitrogens with zero attached hydrogens (tertiary/aromatic N) is 1. The van der Waals surface area contributed by atoms with Crippen LogP contribution in [0.5, 0.6) is 0 Å². The lowest BCUT2D eigenvalue weighted by Crippen LogP contribution is -2.48. The standard InChI is InChI=1S/C11H14N2O3S/c1-3-8(2)13-11(14)12-9-6-4-5-7-10(9)17(13,15)16/h4-8H,3H2,1-2H3,(H,12,14). The molecule has 2 amide bonds. The highest BCUT2D eigenvalue weighted by Gasteiger charge is 2.38. The van der Waals surface area contributed by atoms with Crippen LogP contribution in [0.2, 0.25) is 0 Å². The molecule has 17 heavy (non-hydrogen) atoms. The van der Waals surface area contributed by atoms with Crippen LogP contribution >= 0.6 is 0 Å². The Morgan fingerprint density at radius 1 is 1.35 bits per heavy atom. The Morgan fingerprint density at radius 2 is 2.00 bits per heavy atom. The van der Waals surface area contributed by atoms with E-state index < -0.39 is 16.1 Å². The minimum absolute atomic E-state index is 0.153. The second kappa shape index (κ2) is 4.03. The predicted octanol–water partition coefficient (Wildman–Crippen LogP) is 2.02. The van der Waals surface area contributed by atoms with Gasteiger partial charge in [-0.3, -0.25) is 0 Å². The van der Waals surface area contributed by atoms with Gasteiger partial charge in [-0.2, -0.15) is 0 Å². The van der Waals surface area contributed by atoms with E-state index in [1.807, 2.05) is 6.92 Å². The maximum Gasteiger partial charge on any atom is 0.336 e. The van der Waals surface area contributed by atoms with Crippen molar-refractivity contribution in [2.75, 3.05) is 5.32 Å². The Bertz CT molecular complexity index is 554. The summed E-state index contributed by atoms with van der Waals surface area (Å²) in [6.07, 6.45) is 0.578. The summed E-state index contributed by atoms with van der Waals surface area (Å²) in [7, 11) is -3.72. The number of anilines is 1. The summed E-state index contributed by atoms with van der Waals surface area (Å²) in [4.78, 5) is 12.0. The summed E-state index contributed by atoms with van der Waals surface area (Å²) in [5.74, 6) is 0. The smallest absolute Gasteiger partial charge is 0.306 e. The van der Waals surface area contributed by atoms with Crippen LogP contribution in [0.15, 0.2) is 29.2 Å². The van der Waals surface area contributed by atoms with E-state index in [1.54, 1.807) is 25.1 Å². The zero-order chi connectivity index (χ0) is 12.6. The molecule has 1 aliphatic rings. The van der Waals surface area contributed by atoms with E-state index in [0.717, 1.165) is 4.31 Å². The molecule has 0 aromatic heterocycles. The molecule has 2 rings (SSSR count). The molecule has 1 aromatic carbocycles. The van der Waals surface area contributed by atoms with Gasteiger partial charge in [-0.15, -0.1) is 0 Å². The van der Waals surface area contributed by atoms with Crippen molar-refractivity contribution in [1.29, 1.82) is 0 Å². The average molecular weight is 254 g/mol. The van der Waals surface area contributed by atoms with E-state index in [-0.39, 0.29) is 10.9 Å². The number of benzene rings is 1. The summed E-state index contributed by atoms with van der Waals surface area (Å²) in [5, 5.41) is 2.59. The quantitative estimate of drug-likeness (QED) is 0.878. The third-order valence-electron chi connectivity index (χ3n) is 2.86. The Morgan fingerprint density at radius 3 is 2.65 bits per heavy atom. The third-order valence-corrected chi connectivity index (χ3v) is 4.81. The molecule has 1 N–H and O–H groups in total. The van der Waals surface area contributed by atoms with Crippen molar-refractivity contribution >= 4 is 21.7 Å². The third kappa shape index (κ3) is 1.78. The molecular weight excluding hydrogens is 240 g/mol. The molecule has 1 heterocycles. The lowest BCUT2D eigenvalue weighted by atomic mass is 10.2. The SMILES string of the molecule is CCC(C)N1C(=O)Nc2ccccc2S1(=O)=O. The van der Waals surface area contributed by atoms with E-state index in [2.05, 4.69) is 5.32 Å². The number of carbonyl (C=O) groups is 1. The van der Waals surface area contributed by atoms with Crippen molar-refractivity contribution in [3.05, 3.63) is 24.3 Å². The van der Waals surface area contributed by atoms with Crippen molar-refractivity contribution in [2.45, 2.75) is 31.2 Å². The van der Waals surface area contributed by atoms with Gasteiger partial charge in [0.1, 0.15) is 4.90 Å². The largest absolute Gasteiger partial charge is 0.336 e. The maximum absolute atomic E-state index is 12.3. The normalized spacial score (nSPS) is 19.4. The van der Waals surface area contributed by atoms with E-state index in [4.69, 9.17) is 0 Å². The number of nitrogens with one attached hydrogen (secondary N) is 1. The Hall–Kier alpha value is -1.56. The molecule has 0 radical (unpaired) electrons. The van der Waals surface area contributed by atoms with E-state index >= 15 is 0 Å². The van der Waals surface area contributed by atoms with Crippen LogP contribution in [0, 0.1) is 0 Å². The summed E-state index contributed by atoms with van der Waals surface area (Å²) in [6, 6.07) is 5.47. The van der Waals surface area contributed by atoms with Crippen LogP contribution in [-0.2, 0) is 10.0 Å². The zero-order valence-corrected chi connectivity index (χ0v) is 10.5. The average Bonchev–Trinajstić information content (AvgIpc) is 2.28. The second-order valence-corrected chi connectivity index (χ2v) is 5.77. The highest BCUT2D eigenvalue weighted by atomic mass is 32.2. The first-order valence-corrected chi connectivity index (χ1v) is 6.87. The molecule has 1 aliphatic heterocycles. The van der Waals surface area contributed by atoms with Gasteiger partial charge in [0, 0.05) is 6.04 Å². The van der Waals surface area contributed by atoms with Gasteiger partial charge in [-0.05, 0) is 25.5 Å². The minimum atomic E-state index is -3.72. The van der Waals surface area contributed by atoms with Gasteiger partial charge in [0.05, 0.1) is 5.69 Å². The lowest BCUT2D eigenvalue weighted by molar-refractivity contribution is 0.225. The summed E-state index contributed by atoms with van der Waals surface area (Å²) in [6.45, 7) is 3.55. The number of rotatable bonds is 2.